The van der Waals surface area contributed by atoms with Crippen LogP contribution in [0.3, 0.4) is 0 Å². The molecule has 2 N–H and O–H groups in total. The van der Waals surface area contributed by atoms with Crippen molar-refractivity contribution >= 4 is 23.1 Å². The van der Waals surface area contributed by atoms with Crippen LogP contribution in [-0.4, -0.2) is 17.4 Å². The zero-order valence-electron chi connectivity index (χ0n) is 12.5. The summed E-state index contributed by atoms with van der Waals surface area (Å²) in [6.07, 6.45) is 3.69. The summed E-state index contributed by atoms with van der Waals surface area (Å²) < 4.78 is 0. The summed E-state index contributed by atoms with van der Waals surface area (Å²) in [7, 11) is 0. The Bertz CT molecular complexity index is 577. The number of amides is 1. The highest BCUT2D eigenvalue weighted by Crippen LogP contribution is 2.16. The van der Waals surface area contributed by atoms with Gasteiger partial charge in [-0.3, -0.25) is 4.79 Å². The summed E-state index contributed by atoms with van der Waals surface area (Å²) in [6.45, 7) is 5.69. The molecule has 2 aromatic rings. The molecule has 21 heavy (non-hydrogen) atoms. The lowest BCUT2D eigenvalue weighted by atomic mass is 10.2. The molecule has 0 aromatic carbocycles. The molecule has 2 rings (SSSR count). The first kappa shape index (κ1) is 15.5. The smallest absolute Gasteiger partial charge is 0.253 e. The summed E-state index contributed by atoms with van der Waals surface area (Å²) in [4.78, 5) is 18.8. The number of nitrogens with zero attached hydrogens (tertiary/aromatic N) is 1. The van der Waals surface area contributed by atoms with E-state index < -0.39 is 0 Å². The fourth-order valence-corrected chi connectivity index (χ4v) is 2.76. The van der Waals surface area contributed by atoms with Crippen molar-refractivity contribution in [3.8, 4) is 0 Å². The first-order valence-electron chi connectivity index (χ1n) is 7.28. The largest absolute Gasteiger partial charge is 0.370 e. The molecule has 0 atom stereocenters. The zero-order chi connectivity index (χ0) is 15.1. The molecule has 0 saturated carbocycles. The predicted octanol–water partition coefficient (Wildman–Crippen LogP) is 3.46. The summed E-state index contributed by atoms with van der Waals surface area (Å²) in [5, 5.41) is 6.11. The minimum Gasteiger partial charge on any atom is -0.370 e. The number of carbonyl (C=O) groups is 1. The number of rotatable bonds is 7. The minimum atomic E-state index is -0.0870. The van der Waals surface area contributed by atoms with Crippen LogP contribution in [0.25, 0.3) is 0 Å². The van der Waals surface area contributed by atoms with E-state index in [1.54, 1.807) is 23.6 Å². The Hall–Kier alpha value is -1.88. The molecular formula is C16H21N3OS. The third-order valence-electron chi connectivity index (χ3n) is 3.07. The van der Waals surface area contributed by atoms with Crippen molar-refractivity contribution in [2.45, 2.75) is 33.2 Å². The molecule has 112 valence electrons. The highest BCUT2D eigenvalue weighted by Gasteiger charge is 2.07. The molecular weight excluding hydrogens is 282 g/mol. The van der Waals surface area contributed by atoms with Crippen LogP contribution in [0.2, 0.25) is 0 Å². The Labute approximate surface area is 129 Å². The maximum atomic E-state index is 12.1. The Morgan fingerprint density at radius 2 is 2.00 bits per heavy atom. The van der Waals surface area contributed by atoms with E-state index in [-0.39, 0.29) is 5.91 Å². The highest BCUT2D eigenvalue weighted by atomic mass is 32.1. The van der Waals surface area contributed by atoms with Crippen LogP contribution < -0.4 is 10.6 Å². The molecule has 0 unspecified atom stereocenters. The van der Waals surface area contributed by atoms with Gasteiger partial charge in [-0.25, -0.2) is 4.98 Å². The number of aryl methyl sites for hydroxylation is 1. The van der Waals surface area contributed by atoms with Gasteiger partial charge < -0.3 is 10.6 Å². The molecule has 5 heteroatoms. The lowest BCUT2D eigenvalue weighted by Gasteiger charge is -2.06. The third-order valence-corrected chi connectivity index (χ3v) is 4.30. The van der Waals surface area contributed by atoms with Crippen molar-refractivity contribution in [1.29, 1.82) is 0 Å². The number of pyridine rings is 1. The average Bonchev–Trinajstić information content (AvgIpc) is 2.99. The fourth-order valence-electron chi connectivity index (χ4n) is 1.86. The van der Waals surface area contributed by atoms with Gasteiger partial charge >= 0.3 is 0 Å². The number of nitrogens with one attached hydrogen (secondary N) is 2. The second-order valence-electron chi connectivity index (χ2n) is 4.76. The molecule has 1 amide bonds. The van der Waals surface area contributed by atoms with Crippen molar-refractivity contribution in [2.24, 2.45) is 0 Å². The number of thiophene rings is 1. The topological polar surface area (TPSA) is 54.0 Å². The van der Waals surface area contributed by atoms with Crippen LogP contribution >= 0.6 is 11.3 Å². The Kier molecular flexibility index (Phi) is 5.75. The molecule has 0 aliphatic heterocycles. The molecule has 0 saturated heterocycles. The number of hydrogen-bond donors (Lipinski definition) is 2. The Morgan fingerprint density at radius 3 is 2.62 bits per heavy atom. The van der Waals surface area contributed by atoms with Crippen molar-refractivity contribution in [1.82, 2.24) is 10.3 Å². The molecule has 0 fully saturated rings. The van der Waals surface area contributed by atoms with Gasteiger partial charge in [0.1, 0.15) is 5.82 Å². The summed E-state index contributed by atoms with van der Waals surface area (Å²) in [6, 6.07) is 7.82. The number of hydrogen-bond acceptors (Lipinski definition) is 4. The SMILES string of the molecule is CCCNc1ccc(C(=O)NCc2ccc(CC)s2)cn1. The predicted molar refractivity (Wildman–Crippen MR) is 87.9 cm³/mol. The second-order valence-corrected chi connectivity index (χ2v) is 6.02. The van der Waals surface area contributed by atoms with Crippen LogP contribution in [0.5, 0.6) is 0 Å². The van der Waals surface area contributed by atoms with E-state index >= 15 is 0 Å². The Morgan fingerprint density at radius 1 is 1.19 bits per heavy atom. The van der Waals surface area contributed by atoms with Gasteiger partial charge in [-0.1, -0.05) is 13.8 Å². The molecule has 4 nitrogen and oxygen atoms in total. The fraction of sp³-hybridized carbons (Fsp3) is 0.375. The van der Waals surface area contributed by atoms with Crippen LogP contribution in [0.15, 0.2) is 30.5 Å². The monoisotopic (exact) mass is 303 g/mol. The maximum Gasteiger partial charge on any atom is 0.253 e. The van der Waals surface area contributed by atoms with E-state index in [1.165, 1.54) is 9.75 Å². The number of aromatic nitrogens is 1. The first-order chi connectivity index (χ1) is 10.2. The quantitative estimate of drug-likeness (QED) is 0.823. The third kappa shape index (κ3) is 4.56. The molecule has 0 bridgehead atoms. The van der Waals surface area contributed by atoms with Gasteiger partial charge in [0.2, 0.25) is 0 Å². The molecule has 0 radical (unpaired) electrons. The minimum absolute atomic E-state index is 0.0870. The van der Waals surface area contributed by atoms with E-state index in [4.69, 9.17) is 0 Å². The van der Waals surface area contributed by atoms with E-state index in [2.05, 4.69) is 41.6 Å². The summed E-state index contributed by atoms with van der Waals surface area (Å²) in [5.41, 5.74) is 0.587. The van der Waals surface area contributed by atoms with E-state index in [0.29, 0.717) is 12.1 Å². The van der Waals surface area contributed by atoms with Crippen molar-refractivity contribution in [3.63, 3.8) is 0 Å². The van der Waals surface area contributed by atoms with Crippen LogP contribution in [0, 0.1) is 0 Å². The molecule has 2 heterocycles. The molecule has 0 aliphatic rings. The van der Waals surface area contributed by atoms with Gasteiger partial charge in [-0.05, 0) is 37.1 Å². The van der Waals surface area contributed by atoms with Gasteiger partial charge in [0.15, 0.2) is 0 Å². The lowest BCUT2D eigenvalue weighted by Crippen LogP contribution is -2.22. The van der Waals surface area contributed by atoms with Crippen LogP contribution in [0.1, 0.15) is 40.4 Å². The maximum absolute atomic E-state index is 12.1. The van der Waals surface area contributed by atoms with Gasteiger partial charge in [-0.15, -0.1) is 11.3 Å². The number of anilines is 1. The van der Waals surface area contributed by atoms with Gasteiger partial charge in [0, 0.05) is 22.5 Å². The van der Waals surface area contributed by atoms with Gasteiger partial charge in [0.25, 0.3) is 5.91 Å². The summed E-state index contributed by atoms with van der Waals surface area (Å²) in [5.74, 6) is 0.718. The highest BCUT2D eigenvalue weighted by molar-refractivity contribution is 7.11. The normalized spacial score (nSPS) is 10.4. The zero-order valence-corrected chi connectivity index (χ0v) is 13.3. The van der Waals surface area contributed by atoms with Crippen LogP contribution in [-0.2, 0) is 13.0 Å². The second kappa shape index (κ2) is 7.78. The molecule has 0 aliphatic carbocycles. The van der Waals surface area contributed by atoms with E-state index in [1.807, 2.05) is 6.07 Å². The van der Waals surface area contributed by atoms with E-state index in [9.17, 15) is 4.79 Å². The van der Waals surface area contributed by atoms with Crippen LogP contribution in [0.4, 0.5) is 5.82 Å². The Balaban J connectivity index is 1.87. The number of carbonyl (C=O) groups excluding carboxylic acids is 1. The van der Waals surface area contributed by atoms with E-state index in [0.717, 1.165) is 25.2 Å². The lowest BCUT2D eigenvalue weighted by molar-refractivity contribution is 0.0951. The van der Waals surface area contributed by atoms with Crippen molar-refractivity contribution < 1.29 is 4.79 Å². The van der Waals surface area contributed by atoms with Gasteiger partial charge in [0.05, 0.1) is 12.1 Å². The standard InChI is InChI=1S/C16H21N3OS/c1-3-9-17-15-8-5-12(10-18-15)16(20)19-11-14-7-6-13(4-2)21-14/h5-8,10H,3-4,9,11H2,1-2H3,(H,17,18)(H,19,20). The average molecular weight is 303 g/mol. The van der Waals surface area contributed by atoms with Crippen molar-refractivity contribution in [2.75, 3.05) is 11.9 Å². The summed E-state index contributed by atoms with van der Waals surface area (Å²) >= 11 is 1.74. The van der Waals surface area contributed by atoms with Gasteiger partial charge in [-0.2, -0.15) is 0 Å². The molecule has 2 aromatic heterocycles. The first-order valence-corrected chi connectivity index (χ1v) is 8.10. The van der Waals surface area contributed by atoms with Crippen molar-refractivity contribution in [3.05, 3.63) is 45.8 Å². The molecule has 0 spiro atoms.